The van der Waals surface area contributed by atoms with Crippen molar-refractivity contribution in [2.24, 2.45) is 0 Å². The summed E-state index contributed by atoms with van der Waals surface area (Å²) in [5.41, 5.74) is 2.69. The lowest BCUT2D eigenvalue weighted by molar-refractivity contribution is -0.162. The highest BCUT2D eigenvalue weighted by atomic mass is 16.7. The average molecular weight is 285 g/mol. The zero-order chi connectivity index (χ0) is 14.5. The summed E-state index contributed by atoms with van der Waals surface area (Å²) >= 11 is 0. The molecule has 0 bridgehead atoms. The quantitative estimate of drug-likeness (QED) is 0.600. The van der Waals surface area contributed by atoms with Gasteiger partial charge in [-0.05, 0) is 49.6 Å². The van der Waals surface area contributed by atoms with E-state index in [1.165, 1.54) is 29.2 Å². The molecule has 0 N–H and O–H groups in total. The number of rotatable bonds is 6. The van der Waals surface area contributed by atoms with E-state index in [0.29, 0.717) is 0 Å². The molecule has 0 amide bonds. The molecule has 4 heteroatoms. The maximum absolute atomic E-state index is 5.78. The van der Waals surface area contributed by atoms with E-state index in [1.54, 1.807) is 0 Å². The standard InChI is InChI=1S/C17H24BNO2/c18-15-6-5-7-16-14(15)9-11-19(16)10-2-4-13-21-17-8-1-3-12-20-17/h5-7,9,11,17H,1-4,8,10,12-13,18H2. The summed E-state index contributed by atoms with van der Waals surface area (Å²) in [6, 6.07) is 8.73. The molecule has 2 aromatic rings. The third-order valence-corrected chi connectivity index (χ3v) is 4.27. The Balaban J connectivity index is 1.43. The highest BCUT2D eigenvalue weighted by Crippen LogP contribution is 2.15. The maximum Gasteiger partial charge on any atom is 0.157 e. The van der Waals surface area contributed by atoms with Crippen LogP contribution in [0.1, 0.15) is 32.1 Å². The van der Waals surface area contributed by atoms with Gasteiger partial charge in [0.15, 0.2) is 6.29 Å². The lowest BCUT2D eigenvalue weighted by Gasteiger charge is -2.22. The van der Waals surface area contributed by atoms with Crippen LogP contribution in [-0.2, 0) is 16.0 Å². The molecule has 21 heavy (non-hydrogen) atoms. The summed E-state index contributed by atoms with van der Waals surface area (Å²) < 4.78 is 13.7. The van der Waals surface area contributed by atoms with Gasteiger partial charge in [0.05, 0.1) is 0 Å². The molecule has 112 valence electrons. The van der Waals surface area contributed by atoms with Crippen LogP contribution in [0.25, 0.3) is 10.9 Å². The first-order valence-corrected chi connectivity index (χ1v) is 8.12. The van der Waals surface area contributed by atoms with E-state index in [4.69, 9.17) is 9.47 Å². The monoisotopic (exact) mass is 285 g/mol. The fraction of sp³-hybridized carbons (Fsp3) is 0.529. The minimum Gasteiger partial charge on any atom is -0.353 e. The Bertz CT molecular complexity index is 575. The van der Waals surface area contributed by atoms with Crippen LogP contribution in [-0.4, -0.2) is 31.9 Å². The number of hydrogen-bond acceptors (Lipinski definition) is 2. The van der Waals surface area contributed by atoms with Crippen LogP contribution in [0.4, 0.5) is 0 Å². The van der Waals surface area contributed by atoms with E-state index in [1.807, 2.05) is 0 Å². The highest BCUT2D eigenvalue weighted by molar-refractivity contribution is 6.38. The van der Waals surface area contributed by atoms with Crippen LogP contribution in [0.2, 0.25) is 0 Å². The number of fused-ring (bicyclic) bond motifs is 1. The number of benzene rings is 1. The molecule has 1 aliphatic rings. The van der Waals surface area contributed by atoms with Gasteiger partial charge < -0.3 is 14.0 Å². The van der Waals surface area contributed by atoms with Gasteiger partial charge >= 0.3 is 0 Å². The number of aryl methyl sites for hydroxylation is 1. The molecule has 3 nitrogen and oxygen atoms in total. The molecule has 0 aliphatic carbocycles. The molecule has 3 rings (SSSR count). The molecule has 0 radical (unpaired) electrons. The molecule has 0 saturated carbocycles. The first kappa shape index (κ1) is 14.7. The number of aromatic nitrogens is 1. The predicted octanol–water partition coefficient (Wildman–Crippen LogP) is 2.22. The minimum absolute atomic E-state index is 0.0498. The topological polar surface area (TPSA) is 23.4 Å². The van der Waals surface area contributed by atoms with Crippen molar-refractivity contribution in [2.45, 2.75) is 44.9 Å². The van der Waals surface area contributed by atoms with Crippen molar-refractivity contribution in [2.75, 3.05) is 13.2 Å². The highest BCUT2D eigenvalue weighted by Gasteiger charge is 2.13. The first-order chi connectivity index (χ1) is 10.3. The fourth-order valence-corrected chi connectivity index (χ4v) is 3.01. The molecule has 1 unspecified atom stereocenters. The molecule has 0 spiro atoms. The summed E-state index contributed by atoms with van der Waals surface area (Å²) in [5, 5.41) is 1.37. The Morgan fingerprint density at radius 3 is 3.05 bits per heavy atom. The van der Waals surface area contributed by atoms with Crippen molar-refractivity contribution in [1.29, 1.82) is 0 Å². The molecule has 1 aromatic carbocycles. The predicted molar refractivity (Wildman–Crippen MR) is 88.9 cm³/mol. The smallest absolute Gasteiger partial charge is 0.157 e. The zero-order valence-electron chi connectivity index (χ0n) is 12.9. The van der Waals surface area contributed by atoms with Crippen molar-refractivity contribution in [1.82, 2.24) is 4.57 Å². The second kappa shape index (κ2) is 7.14. The molecule has 1 aromatic heterocycles. The number of nitrogens with zero attached hydrogens (tertiary/aromatic N) is 1. The Labute approximate surface area is 127 Å². The summed E-state index contributed by atoms with van der Waals surface area (Å²) in [5.74, 6) is 0. The normalized spacial score (nSPS) is 19.1. The van der Waals surface area contributed by atoms with Crippen LogP contribution >= 0.6 is 0 Å². The third-order valence-electron chi connectivity index (χ3n) is 4.27. The van der Waals surface area contributed by atoms with Crippen LogP contribution in [0, 0.1) is 0 Å². The average Bonchev–Trinajstić information content (AvgIpc) is 2.93. The van der Waals surface area contributed by atoms with Gasteiger partial charge in [0, 0.05) is 31.5 Å². The molecule has 1 atom stereocenters. The van der Waals surface area contributed by atoms with E-state index < -0.39 is 0 Å². The van der Waals surface area contributed by atoms with Crippen LogP contribution < -0.4 is 5.46 Å². The van der Waals surface area contributed by atoms with Gasteiger partial charge in [-0.3, -0.25) is 0 Å². The van der Waals surface area contributed by atoms with Crippen molar-refractivity contribution in [3.05, 3.63) is 30.5 Å². The van der Waals surface area contributed by atoms with Crippen molar-refractivity contribution >= 4 is 24.2 Å². The van der Waals surface area contributed by atoms with Gasteiger partial charge in [0.2, 0.25) is 0 Å². The van der Waals surface area contributed by atoms with Gasteiger partial charge in [0.25, 0.3) is 0 Å². The van der Waals surface area contributed by atoms with Crippen LogP contribution in [0.3, 0.4) is 0 Å². The van der Waals surface area contributed by atoms with Gasteiger partial charge in [-0.1, -0.05) is 17.6 Å². The maximum atomic E-state index is 5.78. The zero-order valence-corrected chi connectivity index (χ0v) is 12.9. The molecule has 1 saturated heterocycles. The van der Waals surface area contributed by atoms with Crippen LogP contribution in [0.15, 0.2) is 30.5 Å². The molecular weight excluding hydrogens is 261 g/mol. The molecular formula is C17H24BNO2. The van der Waals surface area contributed by atoms with Gasteiger partial charge in [-0.25, -0.2) is 0 Å². The fourth-order valence-electron chi connectivity index (χ4n) is 3.01. The molecule has 1 aliphatic heterocycles. The summed E-state index contributed by atoms with van der Waals surface area (Å²) in [6.07, 6.45) is 7.95. The van der Waals surface area contributed by atoms with Crippen molar-refractivity contribution < 1.29 is 9.47 Å². The van der Waals surface area contributed by atoms with Crippen LogP contribution in [0.5, 0.6) is 0 Å². The molecule has 2 heterocycles. The van der Waals surface area contributed by atoms with Gasteiger partial charge in [-0.2, -0.15) is 0 Å². The minimum atomic E-state index is 0.0498. The van der Waals surface area contributed by atoms with Gasteiger partial charge in [-0.15, -0.1) is 0 Å². The largest absolute Gasteiger partial charge is 0.353 e. The molecule has 1 fully saturated rings. The lowest BCUT2D eigenvalue weighted by Crippen LogP contribution is -2.22. The SMILES string of the molecule is Bc1cccc2c1ccn2CCCCOC1CCCCO1. The van der Waals surface area contributed by atoms with E-state index in [2.05, 4.69) is 42.9 Å². The Morgan fingerprint density at radius 1 is 1.24 bits per heavy atom. The van der Waals surface area contributed by atoms with Gasteiger partial charge in [0.1, 0.15) is 7.85 Å². The number of hydrogen-bond donors (Lipinski definition) is 0. The number of ether oxygens (including phenoxy) is 2. The first-order valence-electron chi connectivity index (χ1n) is 8.12. The summed E-state index contributed by atoms with van der Waals surface area (Å²) in [7, 11) is 2.17. The van der Waals surface area contributed by atoms with Crippen molar-refractivity contribution in [3.63, 3.8) is 0 Å². The second-order valence-electron chi connectivity index (χ2n) is 5.89. The van der Waals surface area contributed by atoms with E-state index in [-0.39, 0.29) is 6.29 Å². The summed E-state index contributed by atoms with van der Waals surface area (Å²) in [6.45, 7) is 2.73. The number of unbranched alkanes of at least 4 members (excludes halogenated alkanes) is 1. The third kappa shape index (κ3) is 3.69. The Kier molecular flexibility index (Phi) is 4.99. The Hall–Kier alpha value is -1.26. The van der Waals surface area contributed by atoms with E-state index in [9.17, 15) is 0 Å². The summed E-state index contributed by atoms with van der Waals surface area (Å²) in [4.78, 5) is 0. The van der Waals surface area contributed by atoms with E-state index >= 15 is 0 Å². The van der Waals surface area contributed by atoms with Crippen molar-refractivity contribution in [3.8, 4) is 0 Å². The second-order valence-corrected chi connectivity index (χ2v) is 5.89. The lowest BCUT2D eigenvalue weighted by atomic mass is 9.93. The van der Waals surface area contributed by atoms with E-state index in [0.717, 1.165) is 39.0 Å². The Morgan fingerprint density at radius 2 is 2.19 bits per heavy atom.